The maximum atomic E-state index is 3.76. The van der Waals surface area contributed by atoms with Crippen molar-refractivity contribution in [3.05, 3.63) is 0 Å². The quantitative estimate of drug-likeness (QED) is 0.709. The summed E-state index contributed by atoms with van der Waals surface area (Å²) in [6.45, 7) is 3.63. The SMILES string of the molecule is CCC1CCCC(NCCC2CC2)C1. The highest BCUT2D eigenvalue weighted by atomic mass is 14.9. The summed E-state index contributed by atoms with van der Waals surface area (Å²) >= 11 is 0. The third-order valence-corrected chi connectivity index (χ3v) is 4.04. The molecule has 0 spiro atoms. The first-order valence-corrected chi connectivity index (χ1v) is 6.62. The summed E-state index contributed by atoms with van der Waals surface area (Å²) in [6, 6.07) is 0.854. The van der Waals surface area contributed by atoms with Crippen LogP contribution in [-0.2, 0) is 0 Å². The molecule has 2 unspecified atom stereocenters. The lowest BCUT2D eigenvalue weighted by molar-refractivity contribution is 0.278. The van der Waals surface area contributed by atoms with E-state index in [1.165, 1.54) is 57.9 Å². The van der Waals surface area contributed by atoms with Crippen LogP contribution in [-0.4, -0.2) is 12.6 Å². The fourth-order valence-electron chi connectivity index (χ4n) is 2.75. The summed E-state index contributed by atoms with van der Waals surface area (Å²) in [5.41, 5.74) is 0. The van der Waals surface area contributed by atoms with Gasteiger partial charge >= 0.3 is 0 Å². The first-order chi connectivity index (χ1) is 6.88. The van der Waals surface area contributed by atoms with Gasteiger partial charge in [-0.15, -0.1) is 0 Å². The number of hydrogen-bond acceptors (Lipinski definition) is 1. The maximum absolute atomic E-state index is 3.76. The molecule has 2 rings (SSSR count). The zero-order valence-corrected chi connectivity index (χ0v) is 9.60. The molecule has 2 aliphatic carbocycles. The highest BCUT2D eigenvalue weighted by Gasteiger charge is 2.23. The fraction of sp³-hybridized carbons (Fsp3) is 1.00. The van der Waals surface area contributed by atoms with Crippen LogP contribution < -0.4 is 5.32 Å². The Labute approximate surface area is 88.7 Å². The molecule has 2 fully saturated rings. The zero-order valence-electron chi connectivity index (χ0n) is 9.60. The lowest BCUT2D eigenvalue weighted by Gasteiger charge is -2.29. The summed E-state index contributed by atoms with van der Waals surface area (Å²) in [7, 11) is 0. The van der Waals surface area contributed by atoms with Crippen molar-refractivity contribution in [2.45, 2.75) is 64.3 Å². The van der Waals surface area contributed by atoms with Crippen molar-refractivity contribution in [1.82, 2.24) is 5.32 Å². The van der Waals surface area contributed by atoms with Gasteiger partial charge in [-0.3, -0.25) is 0 Å². The largest absolute Gasteiger partial charge is 0.314 e. The summed E-state index contributed by atoms with van der Waals surface area (Å²) in [4.78, 5) is 0. The minimum atomic E-state index is 0.854. The molecule has 0 aliphatic heterocycles. The van der Waals surface area contributed by atoms with Crippen LogP contribution in [0.25, 0.3) is 0 Å². The molecule has 1 N–H and O–H groups in total. The molecule has 0 bridgehead atoms. The van der Waals surface area contributed by atoms with E-state index >= 15 is 0 Å². The molecular formula is C13H25N. The molecule has 0 heterocycles. The maximum Gasteiger partial charge on any atom is 0.00697 e. The van der Waals surface area contributed by atoms with Gasteiger partial charge in [0, 0.05) is 6.04 Å². The van der Waals surface area contributed by atoms with Crippen LogP contribution in [0.2, 0.25) is 0 Å². The summed E-state index contributed by atoms with van der Waals surface area (Å²) in [5.74, 6) is 2.11. The molecule has 0 aromatic rings. The molecule has 14 heavy (non-hydrogen) atoms. The van der Waals surface area contributed by atoms with Gasteiger partial charge in [0.25, 0.3) is 0 Å². The van der Waals surface area contributed by atoms with Crippen LogP contribution in [0, 0.1) is 11.8 Å². The van der Waals surface area contributed by atoms with Crippen molar-refractivity contribution in [3.63, 3.8) is 0 Å². The second-order valence-corrected chi connectivity index (χ2v) is 5.32. The Bertz CT molecular complexity index is 163. The average molecular weight is 195 g/mol. The number of hydrogen-bond donors (Lipinski definition) is 1. The molecule has 0 radical (unpaired) electrons. The Balaban J connectivity index is 1.58. The zero-order chi connectivity index (χ0) is 9.80. The van der Waals surface area contributed by atoms with E-state index in [9.17, 15) is 0 Å². The molecule has 0 amide bonds. The van der Waals surface area contributed by atoms with Crippen molar-refractivity contribution >= 4 is 0 Å². The third kappa shape index (κ3) is 3.27. The minimum absolute atomic E-state index is 0.854. The lowest BCUT2D eigenvalue weighted by atomic mass is 9.84. The predicted octanol–water partition coefficient (Wildman–Crippen LogP) is 3.34. The minimum Gasteiger partial charge on any atom is -0.314 e. The first kappa shape index (κ1) is 10.5. The van der Waals surface area contributed by atoms with Crippen LogP contribution in [0.5, 0.6) is 0 Å². The monoisotopic (exact) mass is 195 g/mol. The Kier molecular flexibility index (Phi) is 3.86. The van der Waals surface area contributed by atoms with Crippen LogP contribution >= 0.6 is 0 Å². The second kappa shape index (κ2) is 5.16. The van der Waals surface area contributed by atoms with E-state index in [1.54, 1.807) is 0 Å². The van der Waals surface area contributed by atoms with Gasteiger partial charge in [-0.25, -0.2) is 0 Å². The van der Waals surface area contributed by atoms with E-state index in [-0.39, 0.29) is 0 Å². The summed E-state index contributed by atoms with van der Waals surface area (Å²) in [6.07, 6.45) is 11.7. The molecule has 1 nitrogen and oxygen atoms in total. The first-order valence-electron chi connectivity index (χ1n) is 6.62. The molecule has 2 aliphatic rings. The molecule has 2 atom stereocenters. The van der Waals surface area contributed by atoms with Gasteiger partial charge in [-0.2, -0.15) is 0 Å². The summed E-state index contributed by atoms with van der Waals surface area (Å²) < 4.78 is 0. The number of nitrogens with one attached hydrogen (secondary N) is 1. The molecular weight excluding hydrogens is 170 g/mol. The van der Waals surface area contributed by atoms with Crippen molar-refractivity contribution in [2.75, 3.05) is 6.54 Å². The predicted molar refractivity (Wildman–Crippen MR) is 61.4 cm³/mol. The highest BCUT2D eigenvalue weighted by Crippen LogP contribution is 2.32. The van der Waals surface area contributed by atoms with E-state index in [0.717, 1.165) is 17.9 Å². The van der Waals surface area contributed by atoms with Gasteiger partial charge in [0.2, 0.25) is 0 Å². The Hall–Kier alpha value is -0.0400. The smallest absolute Gasteiger partial charge is 0.00697 e. The second-order valence-electron chi connectivity index (χ2n) is 5.32. The standard InChI is InChI=1S/C13H25N/c1-2-11-4-3-5-13(10-11)14-9-8-12-6-7-12/h11-14H,2-10H2,1H3. The molecule has 0 aromatic heterocycles. The van der Waals surface area contributed by atoms with E-state index in [4.69, 9.17) is 0 Å². The van der Waals surface area contributed by atoms with Crippen molar-refractivity contribution in [3.8, 4) is 0 Å². The van der Waals surface area contributed by atoms with E-state index in [2.05, 4.69) is 12.2 Å². The third-order valence-electron chi connectivity index (χ3n) is 4.04. The molecule has 82 valence electrons. The van der Waals surface area contributed by atoms with Gasteiger partial charge < -0.3 is 5.32 Å². The van der Waals surface area contributed by atoms with Crippen LogP contribution in [0.3, 0.4) is 0 Å². The molecule has 0 saturated heterocycles. The van der Waals surface area contributed by atoms with Crippen molar-refractivity contribution < 1.29 is 0 Å². The highest BCUT2D eigenvalue weighted by molar-refractivity contribution is 4.79. The molecule has 0 aromatic carbocycles. The Morgan fingerprint density at radius 2 is 1.93 bits per heavy atom. The topological polar surface area (TPSA) is 12.0 Å². The Morgan fingerprint density at radius 1 is 1.07 bits per heavy atom. The van der Waals surface area contributed by atoms with Crippen molar-refractivity contribution in [2.24, 2.45) is 11.8 Å². The lowest BCUT2D eigenvalue weighted by Crippen LogP contribution is -2.34. The van der Waals surface area contributed by atoms with E-state index in [0.29, 0.717) is 0 Å². The molecule has 2 saturated carbocycles. The fourth-order valence-corrected chi connectivity index (χ4v) is 2.75. The van der Waals surface area contributed by atoms with Crippen LogP contribution in [0.15, 0.2) is 0 Å². The Morgan fingerprint density at radius 3 is 2.64 bits per heavy atom. The van der Waals surface area contributed by atoms with Crippen molar-refractivity contribution in [1.29, 1.82) is 0 Å². The van der Waals surface area contributed by atoms with Crippen LogP contribution in [0.4, 0.5) is 0 Å². The van der Waals surface area contributed by atoms with Gasteiger partial charge in [0.1, 0.15) is 0 Å². The summed E-state index contributed by atoms with van der Waals surface area (Å²) in [5, 5.41) is 3.76. The average Bonchev–Trinajstić information content (AvgIpc) is 3.02. The van der Waals surface area contributed by atoms with Gasteiger partial charge in [-0.05, 0) is 37.6 Å². The van der Waals surface area contributed by atoms with Crippen LogP contribution in [0.1, 0.15) is 58.3 Å². The van der Waals surface area contributed by atoms with Gasteiger partial charge in [0.15, 0.2) is 0 Å². The molecule has 1 heteroatoms. The van der Waals surface area contributed by atoms with E-state index in [1.807, 2.05) is 0 Å². The van der Waals surface area contributed by atoms with Gasteiger partial charge in [0.05, 0.1) is 0 Å². The normalized spacial score (nSPS) is 33.2. The van der Waals surface area contributed by atoms with Gasteiger partial charge in [-0.1, -0.05) is 39.0 Å². The van der Waals surface area contributed by atoms with E-state index < -0.39 is 0 Å². The number of rotatable bonds is 5.